The number of rotatable bonds is 5. The van der Waals surface area contributed by atoms with Crippen molar-refractivity contribution in [3.63, 3.8) is 0 Å². The molecule has 5 heteroatoms. The lowest BCUT2D eigenvalue weighted by Gasteiger charge is -2.16. The van der Waals surface area contributed by atoms with Crippen molar-refractivity contribution in [2.75, 3.05) is 13.7 Å². The van der Waals surface area contributed by atoms with Gasteiger partial charge >= 0.3 is 0 Å². The summed E-state index contributed by atoms with van der Waals surface area (Å²) in [5, 5.41) is 7.44. The van der Waals surface area contributed by atoms with Gasteiger partial charge in [-0.1, -0.05) is 15.9 Å². The highest BCUT2D eigenvalue weighted by molar-refractivity contribution is 9.10. The van der Waals surface area contributed by atoms with Gasteiger partial charge in [-0.3, -0.25) is 5.41 Å². The first-order valence-electron chi connectivity index (χ1n) is 4.84. The number of benzene rings is 1. The van der Waals surface area contributed by atoms with E-state index in [0.29, 0.717) is 17.9 Å². The van der Waals surface area contributed by atoms with Crippen molar-refractivity contribution in [1.29, 1.82) is 5.41 Å². The molecule has 1 aromatic rings. The van der Waals surface area contributed by atoms with Gasteiger partial charge in [0.05, 0.1) is 12.2 Å². The lowest BCUT2D eigenvalue weighted by molar-refractivity contribution is 0.0919. The zero-order valence-corrected chi connectivity index (χ0v) is 10.9. The second kappa shape index (κ2) is 5.86. The van der Waals surface area contributed by atoms with Crippen LogP contribution in [0.2, 0.25) is 0 Å². The van der Waals surface area contributed by atoms with Crippen LogP contribution in [0.1, 0.15) is 12.5 Å². The highest BCUT2D eigenvalue weighted by Crippen LogP contribution is 2.24. The summed E-state index contributed by atoms with van der Waals surface area (Å²) in [5.74, 6) is 0.582. The Balaban J connectivity index is 2.92. The number of amidine groups is 1. The molecule has 0 bridgehead atoms. The summed E-state index contributed by atoms with van der Waals surface area (Å²) >= 11 is 3.35. The molecule has 16 heavy (non-hydrogen) atoms. The van der Waals surface area contributed by atoms with E-state index in [0.717, 1.165) is 4.47 Å². The molecule has 0 saturated carbocycles. The molecule has 0 amide bonds. The second-order valence-corrected chi connectivity index (χ2v) is 4.35. The third-order valence-corrected chi connectivity index (χ3v) is 2.46. The molecule has 0 aliphatic carbocycles. The second-order valence-electron chi connectivity index (χ2n) is 3.44. The first-order valence-corrected chi connectivity index (χ1v) is 5.63. The molecule has 0 spiro atoms. The maximum absolute atomic E-state index is 7.44. The van der Waals surface area contributed by atoms with E-state index in [-0.39, 0.29) is 11.9 Å². The average molecular weight is 287 g/mol. The highest BCUT2D eigenvalue weighted by Gasteiger charge is 2.10. The van der Waals surface area contributed by atoms with Gasteiger partial charge in [-0.15, -0.1) is 0 Å². The summed E-state index contributed by atoms with van der Waals surface area (Å²) in [4.78, 5) is 0. The molecule has 1 atom stereocenters. The van der Waals surface area contributed by atoms with Crippen LogP contribution in [-0.2, 0) is 4.74 Å². The van der Waals surface area contributed by atoms with Gasteiger partial charge in [0.15, 0.2) is 0 Å². The SMILES string of the molecule is COCC(C)Oc1cc(Br)ccc1C(=N)N. The van der Waals surface area contributed by atoms with Gasteiger partial charge in [-0.2, -0.15) is 0 Å². The van der Waals surface area contributed by atoms with E-state index < -0.39 is 0 Å². The van der Waals surface area contributed by atoms with Crippen molar-refractivity contribution < 1.29 is 9.47 Å². The molecule has 0 radical (unpaired) electrons. The number of hydrogen-bond acceptors (Lipinski definition) is 3. The van der Waals surface area contributed by atoms with Gasteiger partial charge in [0.1, 0.15) is 17.7 Å². The van der Waals surface area contributed by atoms with Crippen LogP contribution in [-0.4, -0.2) is 25.7 Å². The molecule has 0 heterocycles. The topological polar surface area (TPSA) is 68.3 Å². The lowest BCUT2D eigenvalue weighted by atomic mass is 10.2. The number of nitrogens with two attached hydrogens (primary N) is 1. The molecule has 4 nitrogen and oxygen atoms in total. The molecular formula is C11H15BrN2O2. The Morgan fingerprint density at radius 2 is 2.25 bits per heavy atom. The van der Waals surface area contributed by atoms with Crippen LogP contribution in [0.3, 0.4) is 0 Å². The molecule has 0 aromatic heterocycles. The van der Waals surface area contributed by atoms with Crippen molar-refractivity contribution in [3.05, 3.63) is 28.2 Å². The van der Waals surface area contributed by atoms with Crippen LogP contribution in [0, 0.1) is 5.41 Å². The maximum atomic E-state index is 7.44. The fraction of sp³-hybridized carbons (Fsp3) is 0.364. The molecule has 1 unspecified atom stereocenters. The predicted octanol–water partition coefficient (Wildman–Crippen LogP) is 2.15. The van der Waals surface area contributed by atoms with Crippen molar-refractivity contribution in [1.82, 2.24) is 0 Å². The molecule has 88 valence electrons. The Bertz CT molecular complexity index is 382. The zero-order chi connectivity index (χ0) is 12.1. The summed E-state index contributed by atoms with van der Waals surface area (Å²) in [6, 6.07) is 5.37. The quantitative estimate of drug-likeness (QED) is 0.644. The molecular weight excluding hydrogens is 272 g/mol. The Morgan fingerprint density at radius 3 is 2.81 bits per heavy atom. The van der Waals surface area contributed by atoms with Gasteiger partial charge < -0.3 is 15.2 Å². The van der Waals surface area contributed by atoms with Crippen LogP contribution in [0.25, 0.3) is 0 Å². The minimum Gasteiger partial charge on any atom is -0.488 e. The normalized spacial score (nSPS) is 12.2. The van der Waals surface area contributed by atoms with E-state index in [2.05, 4.69) is 15.9 Å². The molecule has 0 saturated heterocycles. The van der Waals surface area contributed by atoms with Crippen molar-refractivity contribution >= 4 is 21.8 Å². The largest absolute Gasteiger partial charge is 0.488 e. The van der Waals surface area contributed by atoms with Crippen LogP contribution < -0.4 is 10.5 Å². The van der Waals surface area contributed by atoms with Crippen LogP contribution in [0.5, 0.6) is 5.75 Å². The zero-order valence-electron chi connectivity index (χ0n) is 9.29. The number of nitrogen functional groups attached to an aromatic ring is 1. The van der Waals surface area contributed by atoms with Crippen molar-refractivity contribution in [2.45, 2.75) is 13.0 Å². The fourth-order valence-electron chi connectivity index (χ4n) is 1.30. The summed E-state index contributed by atoms with van der Waals surface area (Å²) in [5.41, 5.74) is 6.06. The fourth-order valence-corrected chi connectivity index (χ4v) is 1.64. The Labute approximate surface area is 103 Å². The summed E-state index contributed by atoms with van der Waals surface area (Å²) in [7, 11) is 1.62. The molecule has 1 rings (SSSR count). The predicted molar refractivity (Wildman–Crippen MR) is 67.1 cm³/mol. The molecule has 1 aromatic carbocycles. The van der Waals surface area contributed by atoms with Crippen molar-refractivity contribution in [2.24, 2.45) is 5.73 Å². The van der Waals surface area contributed by atoms with E-state index >= 15 is 0 Å². The maximum Gasteiger partial charge on any atom is 0.131 e. The molecule has 0 aliphatic rings. The Hall–Kier alpha value is -1.07. The van der Waals surface area contributed by atoms with E-state index in [1.54, 1.807) is 19.2 Å². The minimum absolute atomic E-state index is 0.00730. The third kappa shape index (κ3) is 3.50. The molecule has 0 aliphatic heterocycles. The molecule has 3 N–H and O–H groups in total. The first-order chi connectivity index (χ1) is 7.54. The Kier molecular flexibility index (Phi) is 4.76. The number of ether oxygens (including phenoxy) is 2. The smallest absolute Gasteiger partial charge is 0.131 e. The van der Waals surface area contributed by atoms with E-state index in [1.807, 2.05) is 13.0 Å². The van der Waals surface area contributed by atoms with E-state index in [4.69, 9.17) is 20.6 Å². The van der Waals surface area contributed by atoms with E-state index in [1.165, 1.54) is 0 Å². The highest BCUT2D eigenvalue weighted by atomic mass is 79.9. The number of methoxy groups -OCH3 is 1. The third-order valence-electron chi connectivity index (χ3n) is 1.96. The average Bonchev–Trinajstić information content (AvgIpc) is 2.17. The number of halogens is 1. The first kappa shape index (κ1) is 13.0. The van der Waals surface area contributed by atoms with Gasteiger partial charge in [0.25, 0.3) is 0 Å². The Morgan fingerprint density at radius 1 is 1.56 bits per heavy atom. The number of hydrogen-bond donors (Lipinski definition) is 2. The summed E-state index contributed by atoms with van der Waals surface area (Å²) in [6.45, 7) is 2.39. The van der Waals surface area contributed by atoms with Gasteiger partial charge in [-0.25, -0.2) is 0 Å². The number of nitrogens with one attached hydrogen (secondary N) is 1. The summed E-state index contributed by atoms with van der Waals surface area (Å²) < 4.78 is 11.5. The standard InChI is InChI=1S/C11H15BrN2O2/c1-7(6-15-2)16-10-5-8(12)3-4-9(10)11(13)14/h3-5,7H,6H2,1-2H3,(H3,13,14). The van der Waals surface area contributed by atoms with Crippen LogP contribution in [0.15, 0.2) is 22.7 Å². The molecule has 0 fully saturated rings. The monoisotopic (exact) mass is 286 g/mol. The van der Waals surface area contributed by atoms with Gasteiger partial charge in [0.2, 0.25) is 0 Å². The van der Waals surface area contributed by atoms with Crippen molar-refractivity contribution in [3.8, 4) is 5.75 Å². The van der Waals surface area contributed by atoms with Crippen LogP contribution in [0.4, 0.5) is 0 Å². The minimum atomic E-state index is -0.0857. The van der Waals surface area contributed by atoms with E-state index in [9.17, 15) is 0 Å². The van der Waals surface area contributed by atoms with Crippen LogP contribution >= 0.6 is 15.9 Å². The summed E-state index contributed by atoms with van der Waals surface area (Å²) in [6.07, 6.45) is -0.0857. The lowest BCUT2D eigenvalue weighted by Crippen LogP contribution is -2.21. The van der Waals surface area contributed by atoms with Gasteiger partial charge in [-0.05, 0) is 25.1 Å². The van der Waals surface area contributed by atoms with Gasteiger partial charge in [0, 0.05) is 11.6 Å².